The Bertz CT molecular complexity index is 1180. The van der Waals surface area contributed by atoms with Gasteiger partial charge in [0.1, 0.15) is 17.5 Å². The van der Waals surface area contributed by atoms with Crippen molar-refractivity contribution in [1.82, 2.24) is 0 Å². The molecule has 30 heavy (non-hydrogen) atoms. The van der Waals surface area contributed by atoms with Crippen molar-refractivity contribution in [2.75, 3.05) is 11.3 Å². The number of ketones is 1. The summed E-state index contributed by atoms with van der Waals surface area (Å²) < 4.78 is 45.7. The van der Waals surface area contributed by atoms with Gasteiger partial charge in [-0.3, -0.25) is 9.52 Å². The normalized spacial score (nSPS) is 11.8. The van der Waals surface area contributed by atoms with E-state index >= 15 is 0 Å². The lowest BCUT2D eigenvalue weighted by Crippen LogP contribution is -2.18. The molecule has 10 heteroatoms. The number of carbonyl (C=O) groups is 2. The minimum atomic E-state index is -4.11. The van der Waals surface area contributed by atoms with Crippen LogP contribution in [0.3, 0.4) is 0 Å². The number of nitriles is 1. The summed E-state index contributed by atoms with van der Waals surface area (Å²) in [5, 5.41) is 8.89. The molecule has 0 heterocycles. The second-order valence-electron chi connectivity index (χ2n) is 6.27. The monoisotopic (exact) mass is 431 g/mol. The summed E-state index contributed by atoms with van der Waals surface area (Å²) in [4.78, 5) is 23.8. The second-order valence-corrected chi connectivity index (χ2v) is 7.92. The Morgan fingerprint density at radius 2 is 1.93 bits per heavy atom. The van der Waals surface area contributed by atoms with Gasteiger partial charge in [0.2, 0.25) is 5.78 Å². The van der Waals surface area contributed by atoms with Crippen molar-refractivity contribution in [3.8, 4) is 6.07 Å². The average Bonchev–Trinajstić information content (AvgIpc) is 2.68. The van der Waals surface area contributed by atoms with Crippen LogP contribution in [0.5, 0.6) is 0 Å². The summed E-state index contributed by atoms with van der Waals surface area (Å²) in [6.07, 6.45) is 0. The summed E-state index contributed by atoms with van der Waals surface area (Å²) >= 11 is 0. The van der Waals surface area contributed by atoms with Crippen molar-refractivity contribution in [2.24, 2.45) is 5.73 Å². The van der Waals surface area contributed by atoms with Gasteiger partial charge in [-0.2, -0.15) is 5.26 Å². The molecule has 0 radical (unpaired) electrons. The zero-order valence-corrected chi connectivity index (χ0v) is 16.9. The summed E-state index contributed by atoms with van der Waals surface area (Å²) in [5.74, 6) is -2.37. The number of Topliss-reactive ketones (excluding diaryl/α,β-unsaturated/α-hetero) is 1. The first-order chi connectivity index (χ1) is 14.0. The lowest BCUT2D eigenvalue weighted by atomic mass is 10.1. The van der Waals surface area contributed by atoms with Gasteiger partial charge in [-0.15, -0.1) is 0 Å². The van der Waals surface area contributed by atoms with Crippen molar-refractivity contribution in [3.05, 3.63) is 70.7 Å². The fourth-order valence-corrected chi connectivity index (χ4v) is 3.75. The molecule has 0 aliphatic rings. The Labute approximate surface area is 172 Å². The van der Waals surface area contributed by atoms with Crippen LogP contribution < -0.4 is 10.5 Å². The van der Waals surface area contributed by atoms with Crippen molar-refractivity contribution in [3.63, 3.8) is 0 Å². The van der Waals surface area contributed by atoms with Crippen LogP contribution in [0.2, 0.25) is 0 Å². The van der Waals surface area contributed by atoms with Gasteiger partial charge < -0.3 is 10.5 Å². The zero-order valence-electron chi connectivity index (χ0n) is 16.1. The number of allylic oxidation sites excluding steroid dienone is 1. The third-order valence-electron chi connectivity index (χ3n) is 3.91. The molecular weight excluding hydrogens is 413 g/mol. The first kappa shape index (κ1) is 22.6. The Hall–Kier alpha value is -3.71. The van der Waals surface area contributed by atoms with Crippen LogP contribution in [0.15, 0.2) is 58.6 Å². The van der Waals surface area contributed by atoms with Crippen LogP contribution in [-0.4, -0.2) is 26.8 Å². The molecular formula is C20H18FN3O5S. The van der Waals surface area contributed by atoms with E-state index in [0.717, 1.165) is 12.1 Å². The molecule has 0 fully saturated rings. The third kappa shape index (κ3) is 5.42. The predicted octanol–water partition coefficient (Wildman–Crippen LogP) is 2.42. The Morgan fingerprint density at radius 1 is 1.23 bits per heavy atom. The number of hydrogen-bond acceptors (Lipinski definition) is 7. The van der Waals surface area contributed by atoms with E-state index in [1.165, 1.54) is 44.2 Å². The first-order valence-corrected chi connectivity index (χ1v) is 9.99. The SMILES string of the molecule is C/C(N)=C(/C#N)C(=O)COC(=O)c1cccc(NS(=O)(=O)c2cc(F)ccc2C)c1. The number of nitrogens with one attached hydrogen (secondary N) is 1. The fraction of sp³-hybridized carbons (Fsp3) is 0.150. The molecule has 0 aliphatic carbocycles. The molecule has 2 aromatic carbocycles. The summed E-state index contributed by atoms with van der Waals surface area (Å²) in [6, 6.07) is 10.4. The van der Waals surface area contributed by atoms with Crippen LogP contribution in [0.4, 0.5) is 10.1 Å². The number of halogens is 1. The molecule has 2 aromatic rings. The number of rotatable bonds is 7. The molecule has 0 amide bonds. The van der Waals surface area contributed by atoms with Crippen LogP contribution in [0.25, 0.3) is 0 Å². The van der Waals surface area contributed by atoms with Gasteiger partial charge in [0, 0.05) is 11.4 Å². The minimum absolute atomic E-state index is 0.00240. The van der Waals surface area contributed by atoms with Gasteiger partial charge in [-0.1, -0.05) is 12.1 Å². The average molecular weight is 431 g/mol. The number of aryl methyl sites for hydroxylation is 1. The molecule has 0 aromatic heterocycles. The number of hydrogen-bond donors (Lipinski definition) is 2. The van der Waals surface area contributed by atoms with E-state index in [0.29, 0.717) is 5.56 Å². The maximum Gasteiger partial charge on any atom is 0.338 e. The smallest absolute Gasteiger partial charge is 0.338 e. The maximum atomic E-state index is 13.5. The fourth-order valence-electron chi connectivity index (χ4n) is 2.44. The third-order valence-corrected chi connectivity index (χ3v) is 5.43. The molecule has 3 N–H and O–H groups in total. The van der Waals surface area contributed by atoms with Crippen molar-refractivity contribution in [1.29, 1.82) is 5.26 Å². The van der Waals surface area contributed by atoms with Gasteiger partial charge in [-0.05, 0) is 49.7 Å². The summed E-state index contributed by atoms with van der Waals surface area (Å²) in [7, 11) is -4.11. The topological polar surface area (TPSA) is 139 Å². The second kappa shape index (κ2) is 9.19. The Morgan fingerprint density at radius 3 is 2.57 bits per heavy atom. The highest BCUT2D eigenvalue weighted by molar-refractivity contribution is 7.92. The number of esters is 1. The number of nitrogens with two attached hydrogens (primary N) is 1. The standard InChI is InChI=1S/C20H18FN3O5S/c1-12-6-7-15(21)9-19(12)30(27,28)24-16-5-3-4-14(8-16)20(26)29-11-18(25)17(10-22)13(2)23/h3-9,24H,11,23H2,1-2H3/b17-13+. The van der Waals surface area contributed by atoms with E-state index in [1.807, 2.05) is 0 Å². The quantitative estimate of drug-likeness (QED) is 0.390. The van der Waals surface area contributed by atoms with Crippen LogP contribution in [0.1, 0.15) is 22.8 Å². The number of nitrogens with zero attached hydrogens (tertiary/aromatic N) is 1. The van der Waals surface area contributed by atoms with Gasteiger partial charge in [-0.25, -0.2) is 17.6 Å². The van der Waals surface area contributed by atoms with Gasteiger partial charge in [0.25, 0.3) is 10.0 Å². The maximum absolute atomic E-state index is 13.5. The van der Waals surface area contributed by atoms with E-state index in [4.69, 9.17) is 15.7 Å². The largest absolute Gasteiger partial charge is 0.454 e. The summed E-state index contributed by atoms with van der Waals surface area (Å²) in [6.45, 7) is 2.19. The van der Waals surface area contributed by atoms with Gasteiger partial charge in [0.05, 0.1) is 10.5 Å². The van der Waals surface area contributed by atoms with Crippen molar-refractivity contribution in [2.45, 2.75) is 18.7 Å². The minimum Gasteiger partial charge on any atom is -0.454 e. The highest BCUT2D eigenvalue weighted by atomic mass is 32.2. The van der Waals surface area contributed by atoms with Gasteiger partial charge in [0.15, 0.2) is 6.61 Å². The first-order valence-electron chi connectivity index (χ1n) is 8.51. The van der Waals surface area contributed by atoms with Gasteiger partial charge >= 0.3 is 5.97 Å². The Balaban J connectivity index is 2.17. The Kier molecular flexibility index (Phi) is 6.92. The molecule has 0 saturated carbocycles. The van der Waals surface area contributed by atoms with Crippen molar-refractivity contribution < 1.29 is 27.1 Å². The highest BCUT2D eigenvalue weighted by Crippen LogP contribution is 2.21. The molecule has 156 valence electrons. The molecule has 0 atom stereocenters. The number of ether oxygens (including phenoxy) is 1. The van der Waals surface area contributed by atoms with Crippen molar-refractivity contribution >= 4 is 27.5 Å². The number of carbonyl (C=O) groups excluding carboxylic acids is 2. The van der Waals surface area contributed by atoms with Crippen LogP contribution >= 0.6 is 0 Å². The zero-order chi connectivity index (χ0) is 22.5. The highest BCUT2D eigenvalue weighted by Gasteiger charge is 2.19. The lowest BCUT2D eigenvalue weighted by molar-refractivity contribution is -0.118. The van der Waals surface area contributed by atoms with E-state index in [2.05, 4.69) is 4.72 Å². The van der Waals surface area contributed by atoms with E-state index in [1.54, 1.807) is 6.07 Å². The molecule has 0 saturated heterocycles. The molecule has 0 spiro atoms. The van der Waals surface area contributed by atoms with Crippen LogP contribution in [0, 0.1) is 24.1 Å². The number of sulfonamides is 1. The molecule has 0 bridgehead atoms. The molecule has 8 nitrogen and oxygen atoms in total. The van der Waals surface area contributed by atoms with E-state index < -0.39 is 34.2 Å². The molecule has 2 rings (SSSR count). The number of anilines is 1. The molecule has 0 aliphatic heterocycles. The summed E-state index contributed by atoms with van der Waals surface area (Å²) in [5.41, 5.74) is 5.45. The lowest BCUT2D eigenvalue weighted by Gasteiger charge is -2.11. The van der Waals surface area contributed by atoms with E-state index in [9.17, 15) is 22.4 Å². The van der Waals surface area contributed by atoms with E-state index in [-0.39, 0.29) is 27.4 Å². The predicted molar refractivity (Wildman–Crippen MR) is 106 cm³/mol. The number of benzene rings is 2. The van der Waals surface area contributed by atoms with Crippen LogP contribution in [-0.2, 0) is 19.6 Å². The molecule has 0 unspecified atom stereocenters.